The first-order chi connectivity index (χ1) is 30.3. The van der Waals surface area contributed by atoms with Gasteiger partial charge >= 0.3 is 0 Å². The van der Waals surface area contributed by atoms with E-state index in [9.17, 15) is 0 Å². The van der Waals surface area contributed by atoms with Gasteiger partial charge in [-0.05, 0) is 115 Å². The van der Waals surface area contributed by atoms with Gasteiger partial charge in [-0.15, -0.1) is 0 Å². The normalized spacial score (nSPS) is 13.0. The Morgan fingerprint density at radius 1 is 0.328 bits per heavy atom. The molecule has 2 heteroatoms. The molecule has 10 aromatic carbocycles. The Labute approximate surface area is 356 Å². The highest BCUT2D eigenvalue weighted by molar-refractivity contribution is 6.02. The molecule has 2 nitrogen and oxygen atoms in total. The maximum atomic E-state index is 2.47. The zero-order valence-corrected chi connectivity index (χ0v) is 33.5. The molecule has 61 heavy (non-hydrogen) atoms. The Balaban J connectivity index is 1.10. The number of benzene rings is 10. The molecule has 0 saturated heterocycles. The molecule has 0 radical (unpaired) electrons. The van der Waals surface area contributed by atoms with Crippen molar-refractivity contribution < 1.29 is 0 Å². The van der Waals surface area contributed by atoms with Crippen molar-refractivity contribution in [3.8, 4) is 33.4 Å². The number of anilines is 6. The van der Waals surface area contributed by atoms with E-state index in [1.165, 1.54) is 77.8 Å². The number of fused-ring (bicyclic) bond motifs is 10. The van der Waals surface area contributed by atoms with Crippen LogP contribution in [0.3, 0.4) is 0 Å². The van der Waals surface area contributed by atoms with Crippen molar-refractivity contribution in [3.63, 3.8) is 0 Å². The van der Waals surface area contributed by atoms with Crippen LogP contribution in [0, 0.1) is 0 Å². The minimum Gasteiger partial charge on any atom is -0.310 e. The molecule has 1 aliphatic heterocycles. The molecule has 0 aromatic heterocycles. The second-order valence-corrected chi connectivity index (χ2v) is 16.0. The fraction of sp³-hybridized carbons (Fsp3) is 0.0169. The van der Waals surface area contributed by atoms with Crippen LogP contribution in [0.4, 0.5) is 34.1 Å². The molecule has 12 rings (SSSR count). The second kappa shape index (κ2) is 14.1. The predicted octanol–water partition coefficient (Wildman–Crippen LogP) is 15.8. The average Bonchev–Trinajstić information content (AvgIpc) is 3.64. The Morgan fingerprint density at radius 2 is 0.820 bits per heavy atom. The van der Waals surface area contributed by atoms with Gasteiger partial charge in [-0.3, -0.25) is 0 Å². The topological polar surface area (TPSA) is 6.48 Å². The summed E-state index contributed by atoms with van der Waals surface area (Å²) in [6.45, 7) is 0. The van der Waals surface area contributed by atoms with Crippen LogP contribution >= 0.6 is 0 Å². The largest absolute Gasteiger partial charge is 0.310 e. The fourth-order valence-corrected chi connectivity index (χ4v) is 10.3. The second-order valence-electron chi connectivity index (χ2n) is 16.0. The number of nitrogens with zero attached hydrogens (tertiary/aromatic N) is 2. The maximum absolute atomic E-state index is 2.47. The van der Waals surface area contributed by atoms with Gasteiger partial charge in [-0.2, -0.15) is 0 Å². The minimum absolute atomic E-state index is 0.554. The lowest BCUT2D eigenvalue weighted by Gasteiger charge is -2.45. The molecule has 2 aliphatic rings. The first-order valence-electron chi connectivity index (χ1n) is 21.1. The summed E-state index contributed by atoms with van der Waals surface area (Å²) in [7, 11) is 0. The zero-order chi connectivity index (χ0) is 40.3. The number of hydrogen-bond donors (Lipinski definition) is 0. The van der Waals surface area contributed by atoms with Gasteiger partial charge in [-0.1, -0.05) is 188 Å². The zero-order valence-electron chi connectivity index (χ0n) is 33.5. The van der Waals surface area contributed by atoms with E-state index in [0.717, 1.165) is 22.7 Å². The summed E-state index contributed by atoms with van der Waals surface area (Å²) < 4.78 is 0. The van der Waals surface area contributed by atoms with Gasteiger partial charge in [0.25, 0.3) is 0 Å². The third-order valence-corrected chi connectivity index (χ3v) is 12.9. The van der Waals surface area contributed by atoms with Gasteiger partial charge < -0.3 is 9.80 Å². The average molecular weight is 777 g/mol. The summed E-state index contributed by atoms with van der Waals surface area (Å²) in [6.07, 6.45) is 0. The molecule has 0 N–H and O–H groups in total. The van der Waals surface area contributed by atoms with Gasteiger partial charge in [0.2, 0.25) is 0 Å². The molecular formula is C59H40N2. The van der Waals surface area contributed by atoms with Crippen molar-refractivity contribution in [2.24, 2.45) is 0 Å². The Bertz CT molecular complexity index is 3190. The van der Waals surface area contributed by atoms with Crippen molar-refractivity contribution in [1.82, 2.24) is 0 Å². The Hall–Kier alpha value is -7.94. The van der Waals surface area contributed by atoms with Crippen LogP contribution < -0.4 is 9.80 Å². The lowest BCUT2D eigenvalue weighted by molar-refractivity contribution is 0.752. The first-order valence-corrected chi connectivity index (χ1v) is 21.1. The molecule has 0 bridgehead atoms. The van der Waals surface area contributed by atoms with Crippen molar-refractivity contribution in [2.45, 2.75) is 5.41 Å². The molecule has 10 aromatic rings. The number of rotatable bonds is 6. The minimum atomic E-state index is -0.554. The standard InChI is InChI=1S/C59H40N2/c1-3-17-41(18-4-1)42-33-37-46(38-34-42)60(47-39-35-44(36-40-47)49-25-15-20-43-19-7-8-23-48(43)49)57-32-16-29-54-58(57)50-24-9-10-26-51(50)59(54)52-27-11-13-30-55(52)61(45-21-5-2-6-22-45)56-31-14-12-28-53(56)59/h1-40H. The van der Waals surface area contributed by atoms with Gasteiger partial charge in [0, 0.05) is 22.6 Å². The van der Waals surface area contributed by atoms with Crippen molar-refractivity contribution in [3.05, 3.63) is 265 Å². The lowest BCUT2D eigenvalue weighted by atomic mass is 9.64. The summed E-state index contributed by atoms with van der Waals surface area (Å²) >= 11 is 0. The SMILES string of the molecule is c1ccc(-c2ccc(N(c3ccc(-c4cccc5ccccc45)cc3)c3cccc4c3-c3ccccc3C43c4ccccc4N(c4ccccc4)c4ccccc43)cc2)cc1. The maximum Gasteiger partial charge on any atom is 0.0755 e. The van der Waals surface area contributed by atoms with Crippen LogP contribution in [0.1, 0.15) is 22.3 Å². The first kappa shape index (κ1) is 35.0. The molecule has 0 unspecified atom stereocenters. The van der Waals surface area contributed by atoms with E-state index in [2.05, 4.69) is 252 Å². The van der Waals surface area contributed by atoms with E-state index in [4.69, 9.17) is 0 Å². The highest BCUT2D eigenvalue weighted by atomic mass is 15.2. The third-order valence-electron chi connectivity index (χ3n) is 12.9. The lowest BCUT2D eigenvalue weighted by Crippen LogP contribution is -2.36. The highest BCUT2D eigenvalue weighted by Crippen LogP contribution is 2.65. The van der Waals surface area contributed by atoms with Gasteiger partial charge in [0.15, 0.2) is 0 Å². The summed E-state index contributed by atoms with van der Waals surface area (Å²) in [4.78, 5) is 4.91. The summed E-state index contributed by atoms with van der Waals surface area (Å²) in [6, 6.07) is 89.0. The fourth-order valence-electron chi connectivity index (χ4n) is 10.3. The van der Waals surface area contributed by atoms with Crippen LogP contribution in [-0.2, 0) is 5.41 Å². The van der Waals surface area contributed by atoms with E-state index >= 15 is 0 Å². The Kier molecular flexibility index (Phi) is 8.11. The number of hydrogen-bond acceptors (Lipinski definition) is 2. The number of para-hydroxylation sites is 3. The van der Waals surface area contributed by atoms with Crippen molar-refractivity contribution in [1.29, 1.82) is 0 Å². The van der Waals surface area contributed by atoms with Crippen LogP contribution in [0.25, 0.3) is 44.2 Å². The Morgan fingerprint density at radius 3 is 1.52 bits per heavy atom. The summed E-state index contributed by atoms with van der Waals surface area (Å²) in [5.41, 5.74) is 18.8. The molecule has 0 amide bonds. The van der Waals surface area contributed by atoms with Gasteiger partial charge in [0.05, 0.1) is 22.5 Å². The van der Waals surface area contributed by atoms with E-state index in [-0.39, 0.29) is 0 Å². The monoisotopic (exact) mass is 776 g/mol. The van der Waals surface area contributed by atoms with Gasteiger partial charge in [0.1, 0.15) is 0 Å². The van der Waals surface area contributed by atoms with Crippen LogP contribution in [0.2, 0.25) is 0 Å². The molecule has 1 aliphatic carbocycles. The van der Waals surface area contributed by atoms with Crippen LogP contribution in [-0.4, -0.2) is 0 Å². The van der Waals surface area contributed by atoms with E-state index in [1.54, 1.807) is 0 Å². The summed E-state index contributed by atoms with van der Waals surface area (Å²) in [5, 5.41) is 2.50. The highest BCUT2D eigenvalue weighted by Gasteiger charge is 2.52. The molecule has 0 saturated carbocycles. The summed E-state index contributed by atoms with van der Waals surface area (Å²) in [5.74, 6) is 0. The van der Waals surface area contributed by atoms with Crippen LogP contribution in [0.5, 0.6) is 0 Å². The molecule has 0 fully saturated rings. The van der Waals surface area contributed by atoms with Crippen LogP contribution in [0.15, 0.2) is 243 Å². The van der Waals surface area contributed by atoms with E-state index < -0.39 is 5.41 Å². The van der Waals surface area contributed by atoms with Crippen molar-refractivity contribution in [2.75, 3.05) is 9.80 Å². The van der Waals surface area contributed by atoms with Crippen molar-refractivity contribution >= 4 is 44.9 Å². The smallest absolute Gasteiger partial charge is 0.0755 e. The molecular weight excluding hydrogens is 737 g/mol. The molecule has 1 heterocycles. The quantitative estimate of drug-likeness (QED) is 0.166. The molecule has 286 valence electrons. The van der Waals surface area contributed by atoms with Gasteiger partial charge in [-0.25, -0.2) is 0 Å². The molecule has 1 spiro atoms. The van der Waals surface area contributed by atoms with E-state index in [1.807, 2.05) is 0 Å². The van der Waals surface area contributed by atoms with E-state index in [0.29, 0.717) is 0 Å². The predicted molar refractivity (Wildman–Crippen MR) is 255 cm³/mol. The third kappa shape index (κ3) is 5.36. The molecule has 0 atom stereocenters.